The van der Waals surface area contributed by atoms with Gasteiger partial charge >= 0.3 is 6.09 Å². The molecule has 0 aliphatic rings. The van der Waals surface area contributed by atoms with Crippen LogP contribution in [0.4, 0.5) is 4.79 Å². The number of amides is 1. The molecule has 5 heteroatoms. The number of ether oxygens (including phenoxy) is 1. The minimum atomic E-state index is -1.11. The lowest BCUT2D eigenvalue weighted by molar-refractivity contribution is 0.0184. The molecule has 0 saturated heterocycles. The van der Waals surface area contributed by atoms with Crippen LogP contribution in [0.2, 0.25) is 0 Å². The zero-order valence-corrected chi connectivity index (χ0v) is 14.4. The molecule has 0 spiro atoms. The van der Waals surface area contributed by atoms with Crippen molar-refractivity contribution in [3.63, 3.8) is 0 Å². The van der Waals surface area contributed by atoms with Crippen molar-refractivity contribution in [1.82, 2.24) is 5.32 Å². The third-order valence-corrected chi connectivity index (χ3v) is 3.89. The second-order valence-corrected chi connectivity index (χ2v) is 5.95. The molecule has 3 N–H and O–H groups in total. The van der Waals surface area contributed by atoms with Crippen molar-refractivity contribution in [3.05, 3.63) is 71.3 Å². The summed E-state index contributed by atoms with van der Waals surface area (Å²) in [6, 6.07) is 16.8. The van der Waals surface area contributed by atoms with E-state index in [-0.39, 0.29) is 13.2 Å². The van der Waals surface area contributed by atoms with Gasteiger partial charge in [-0.2, -0.15) is 0 Å². The van der Waals surface area contributed by atoms with Gasteiger partial charge in [0.2, 0.25) is 0 Å². The van der Waals surface area contributed by atoms with Gasteiger partial charge in [0, 0.05) is 6.54 Å². The van der Waals surface area contributed by atoms with Gasteiger partial charge in [0.1, 0.15) is 18.8 Å². The van der Waals surface area contributed by atoms with E-state index in [1.165, 1.54) is 5.56 Å². The van der Waals surface area contributed by atoms with Gasteiger partial charge < -0.3 is 20.3 Å². The largest absolute Gasteiger partial charge is 0.445 e. The second kappa shape index (κ2) is 9.81. The van der Waals surface area contributed by atoms with Gasteiger partial charge in [0.25, 0.3) is 0 Å². The fourth-order valence-electron chi connectivity index (χ4n) is 2.47. The Morgan fingerprint density at radius 2 is 1.72 bits per heavy atom. The minimum Gasteiger partial charge on any atom is -0.445 e. The van der Waals surface area contributed by atoms with Crippen LogP contribution in [0.3, 0.4) is 0 Å². The van der Waals surface area contributed by atoms with Crippen LogP contribution in [0.25, 0.3) is 0 Å². The third-order valence-electron chi connectivity index (χ3n) is 3.89. The number of nitrogens with one attached hydrogen (secondary N) is 1. The molecule has 2 aromatic carbocycles. The maximum absolute atomic E-state index is 11.7. The number of rotatable bonds is 8. The summed E-state index contributed by atoms with van der Waals surface area (Å²) in [5, 5.41) is 22.7. The predicted octanol–water partition coefficient (Wildman–Crippen LogP) is 2.96. The molecule has 0 aliphatic carbocycles. The average molecular weight is 343 g/mol. The molecule has 1 amide bonds. The molecule has 134 valence electrons. The highest BCUT2D eigenvalue weighted by Gasteiger charge is 2.19. The van der Waals surface area contributed by atoms with E-state index in [1.807, 2.05) is 42.5 Å². The highest BCUT2D eigenvalue weighted by molar-refractivity contribution is 5.67. The van der Waals surface area contributed by atoms with Gasteiger partial charge in [-0.05, 0) is 23.1 Å². The van der Waals surface area contributed by atoms with Crippen molar-refractivity contribution in [2.45, 2.75) is 38.6 Å². The Morgan fingerprint density at radius 1 is 1.04 bits per heavy atom. The van der Waals surface area contributed by atoms with Gasteiger partial charge in [-0.3, -0.25) is 0 Å². The molecule has 0 aromatic heterocycles. The van der Waals surface area contributed by atoms with Crippen LogP contribution in [0.1, 0.15) is 36.1 Å². The SMILES string of the molecule is CCCc1ccc(C(O)C(O)CNC(=O)OCc2ccccc2)cc1. The Hall–Kier alpha value is -2.37. The molecule has 0 aliphatic heterocycles. The Morgan fingerprint density at radius 3 is 2.36 bits per heavy atom. The first kappa shape index (κ1) is 19.0. The quantitative estimate of drug-likeness (QED) is 0.688. The van der Waals surface area contributed by atoms with E-state index in [0.717, 1.165) is 18.4 Å². The van der Waals surface area contributed by atoms with E-state index in [2.05, 4.69) is 12.2 Å². The molecule has 0 radical (unpaired) electrons. The number of carbonyl (C=O) groups is 1. The average Bonchev–Trinajstić information content (AvgIpc) is 2.65. The lowest BCUT2D eigenvalue weighted by atomic mass is 10.0. The van der Waals surface area contributed by atoms with Crippen LogP contribution < -0.4 is 5.32 Å². The number of alkyl carbamates (subject to hydrolysis) is 1. The van der Waals surface area contributed by atoms with E-state index < -0.39 is 18.3 Å². The molecule has 0 bridgehead atoms. The maximum atomic E-state index is 11.7. The Kier molecular flexibility index (Phi) is 7.44. The molecule has 0 saturated carbocycles. The van der Waals surface area contributed by atoms with Gasteiger partial charge in [0.15, 0.2) is 0 Å². The number of carbonyl (C=O) groups excluding carboxylic acids is 1. The molecule has 2 rings (SSSR count). The van der Waals surface area contributed by atoms with Crippen molar-refractivity contribution in [3.8, 4) is 0 Å². The van der Waals surface area contributed by atoms with Crippen molar-refractivity contribution >= 4 is 6.09 Å². The van der Waals surface area contributed by atoms with Crippen molar-refractivity contribution in [2.75, 3.05) is 6.54 Å². The smallest absolute Gasteiger partial charge is 0.407 e. The zero-order valence-electron chi connectivity index (χ0n) is 14.4. The molecule has 2 aromatic rings. The lowest BCUT2D eigenvalue weighted by Crippen LogP contribution is -2.35. The molecule has 0 heterocycles. The fourth-order valence-corrected chi connectivity index (χ4v) is 2.47. The number of hydrogen-bond donors (Lipinski definition) is 3. The van der Waals surface area contributed by atoms with Gasteiger partial charge in [-0.15, -0.1) is 0 Å². The molecule has 5 nitrogen and oxygen atoms in total. The first-order valence-electron chi connectivity index (χ1n) is 8.49. The molecule has 0 fully saturated rings. The Balaban J connectivity index is 1.76. The van der Waals surface area contributed by atoms with Gasteiger partial charge in [0.05, 0.1) is 0 Å². The van der Waals surface area contributed by atoms with Crippen molar-refractivity contribution in [2.24, 2.45) is 0 Å². The van der Waals surface area contributed by atoms with Crippen LogP contribution in [0.15, 0.2) is 54.6 Å². The summed E-state index contributed by atoms with van der Waals surface area (Å²) in [5.74, 6) is 0. The number of hydrogen-bond acceptors (Lipinski definition) is 4. The number of benzene rings is 2. The molecule has 2 atom stereocenters. The van der Waals surface area contributed by atoms with Crippen LogP contribution in [-0.2, 0) is 17.8 Å². The highest BCUT2D eigenvalue weighted by Crippen LogP contribution is 2.18. The van der Waals surface area contributed by atoms with Crippen LogP contribution in [-0.4, -0.2) is 29.0 Å². The summed E-state index contributed by atoms with van der Waals surface area (Å²) < 4.78 is 5.06. The summed E-state index contributed by atoms with van der Waals surface area (Å²) in [5.41, 5.74) is 2.69. The lowest BCUT2D eigenvalue weighted by Gasteiger charge is -2.19. The monoisotopic (exact) mass is 343 g/mol. The third kappa shape index (κ3) is 6.21. The first-order valence-corrected chi connectivity index (χ1v) is 8.49. The van der Waals surface area contributed by atoms with Crippen LogP contribution >= 0.6 is 0 Å². The van der Waals surface area contributed by atoms with E-state index in [1.54, 1.807) is 12.1 Å². The van der Waals surface area contributed by atoms with Crippen molar-refractivity contribution in [1.29, 1.82) is 0 Å². The molecular formula is C20H25NO4. The number of aryl methyl sites for hydroxylation is 1. The number of aliphatic hydroxyl groups excluding tert-OH is 2. The van der Waals surface area contributed by atoms with E-state index in [9.17, 15) is 15.0 Å². The molecule has 2 unspecified atom stereocenters. The summed E-state index contributed by atoms with van der Waals surface area (Å²) in [6.07, 6.45) is -0.771. The predicted molar refractivity (Wildman–Crippen MR) is 96.0 cm³/mol. The van der Waals surface area contributed by atoms with Crippen LogP contribution in [0, 0.1) is 0 Å². The fraction of sp³-hybridized carbons (Fsp3) is 0.350. The zero-order chi connectivity index (χ0) is 18.1. The maximum Gasteiger partial charge on any atom is 0.407 e. The summed E-state index contributed by atoms with van der Waals surface area (Å²) >= 11 is 0. The minimum absolute atomic E-state index is 0.0918. The second-order valence-electron chi connectivity index (χ2n) is 5.95. The molecular weight excluding hydrogens is 318 g/mol. The van der Waals surface area contributed by atoms with E-state index in [4.69, 9.17) is 4.74 Å². The topological polar surface area (TPSA) is 78.8 Å². The summed E-state index contributed by atoms with van der Waals surface area (Å²) in [6.45, 7) is 2.17. The Labute approximate surface area is 148 Å². The van der Waals surface area contributed by atoms with Gasteiger partial charge in [-0.1, -0.05) is 67.9 Å². The van der Waals surface area contributed by atoms with E-state index >= 15 is 0 Å². The summed E-state index contributed by atoms with van der Waals surface area (Å²) in [4.78, 5) is 11.7. The van der Waals surface area contributed by atoms with Gasteiger partial charge in [-0.25, -0.2) is 4.79 Å². The van der Waals surface area contributed by atoms with Crippen molar-refractivity contribution < 1.29 is 19.7 Å². The summed E-state index contributed by atoms with van der Waals surface area (Å²) in [7, 11) is 0. The first-order chi connectivity index (χ1) is 12.1. The standard InChI is InChI=1S/C20H25NO4/c1-2-6-15-9-11-17(12-10-15)19(23)18(22)13-21-20(24)25-14-16-7-4-3-5-8-16/h3-5,7-12,18-19,22-23H,2,6,13-14H2,1H3,(H,21,24). The normalized spacial score (nSPS) is 13.1. The number of aliphatic hydroxyl groups is 2. The molecule has 25 heavy (non-hydrogen) atoms. The van der Waals surface area contributed by atoms with E-state index in [0.29, 0.717) is 5.56 Å². The Bertz CT molecular complexity index is 643. The van der Waals surface area contributed by atoms with Crippen LogP contribution in [0.5, 0.6) is 0 Å². The highest BCUT2D eigenvalue weighted by atomic mass is 16.5.